The number of carbonyl (C=O) groups is 1. The van der Waals surface area contributed by atoms with Crippen molar-refractivity contribution in [2.24, 2.45) is 7.05 Å². The molecule has 0 saturated carbocycles. The first kappa shape index (κ1) is 15.2. The Morgan fingerprint density at radius 2 is 2.00 bits per heavy atom. The number of rotatable bonds is 4. The maximum atomic E-state index is 12.3. The van der Waals surface area contributed by atoms with Crippen LogP contribution in [0.4, 0.5) is 0 Å². The second-order valence-electron chi connectivity index (χ2n) is 5.06. The molecular weight excluding hydrogens is 314 g/mol. The molecule has 0 unspecified atom stereocenters. The van der Waals surface area contributed by atoms with Crippen molar-refractivity contribution in [2.45, 2.75) is 6.92 Å². The average Bonchev–Trinajstić information content (AvgIpc) is 3.12. The van der Waals surface area contributed by atoms with Crippen LogP contribution >= 0.6 is 11.6 Å². The number of hydrogen-bond donors (Lipinski definition) is 0. The summed E-state index contributed by atoms with van der Waals surface area (Å²) in [5, 5.41) is 12.7. The molecule has 0 N–H and O–H groups in total. The number of aromatic nitrogens is 5. The number of aryl methyl sites for hydroxylation is 1. The Morgan fingerprint density at radius 1 is 1.26 bits per heavy atom. The molecule has 0 spiro atoms. The smallest absolute Gasteiger partial charge is 0.208 e. The molecule has 2 aromatic heterocycles. The van der Waals surface area contributed by atoms with Crippen LogP contribution in [0.3, 0.4) is 0 Å². The van der Waals surface area contributed by atoms with E-state index in [0.29, 0.717) is 16.4 Å². The Bertz CT molecular complexity index is 876. The fourth-order valence-corrected chi connectivity index (χ4v) is 2.29. The van der Waals surface area contributed by atoms with Gasteiger partial charge < -0.3 is 0 Å². The van der Waals surface area contributed by atoms with Crippen LogP contribution in [0.15, 0.2) is 42.7 Å². The Kier molecular flexibility index (Phi) is 4.08. The van der Waals surface area contributed by atoms with Gasteiger partial charge in [-0.25, -0.2) is 4.68 Å². The second kappa shape index (κ2) is 6.18. The molecule has 116 valence electrons. The molecule has 0 aliphatic carbocycles. The van der Waals surface area contributed by atoms with Crippen LogP contribution in [0.2, 0.25) is 5.02 Å². The fourth-order valence-electron chi connectivity index (χ4n) is 2.16. The van der Waals surface area contributed by atoms with E-state index in [2.05, 4.69) is 15.4 Å². The summed E-state index contributed by atoms with van der Waals surface area (Å²) in [6, 6.07) is 7.18. The lowest BCUT2D eigenvalue weighted by Gasteiger charge is -2.02. The van der Waals surface area contributed by atoms with Gasteiger partial charge in [-0.2, -0.15) is 5.10 Å². The van der Waals surface area contributed by atoms with Crippen molar-refractivity contribution >= 4 is 23.5 Å². The molecule has 0 aliphatic rings. The molecule has 0 aliphatic heterocycles. The second-order valence-corrected chi connectivity index (χ2v) is 5.49. The Hall–Kier alpha value is -2.73. The summed E-state index contributed by atoms with van der Waals surface area (Å²) in [4.78, 5) is 12.3. The van der Waals surface area contributed by atoms with Crippen molar-refractivity contribution < 1.29 is 4.79 Å². The minimum Gasteiger partial charge on any atom is -0.287 e. The lowest BCUT2D eigenvalue weighted by molar-refractivity contribution is 0.104. The predicted molar refractivity (Wildman–Crippen MR) is 87.7 cm³/mol. The van der Waals surface area contributed by atoms with E-state index < -0.39 is 0 Å². The van der Waals surface area contributed by atoms with Gasteiger partial charge in [0.05, 0.1) is 17.6 Å². The fraction of sp³-hybridized carbons (Fsp3) is 0.125. The molecule has 3 aromatic rings. The molecule has 7 heteroatoms. The van der Waals surface area contributed by atoms with Crippen molar-refractivity contribution in [1.29, 1.82) is 0 Å². The van der Waals surface area contributed by atoms with Gasteiger partial charge in [0, 0.05) is 23.8 Å². The van der Waals surface area contributed by atoms with Crippen molar-refractivity contribution in [3.05, 3.63) is 64.7 Å². The molecule has 6 nitrogen and oxygen atoms in total. The van der Waals surface area contributed by atoms with E-state index in [-0.39, 0.29) is 5.78 Å². The number of allylic oxidation sites excluding steroid dienone is 1. The quantitative estimate of drug-likeness (QED) is 0.546. The lowest BCUT2D eigenvalue weighted by atomic mass is 10.2. The zero-order valence-electron chi connectivity index (χ0n) is 12.6. The van der Waals surface area contributed by atoms with Crippen LogP contribution < -0.4 is 0 Å². The number of hydrogen-bond acceptors (Lipinski definition) is 4. The third-order valence-corrected chi connectivity index (χ3v) is 3.60. The van der Waals surface area contributed by atoms with Gasteiger partial charge in [0.2, 0.25) is 5.78 Å². The van der Waals surface area contributed by atoms with E-state index in [0.717, 1.165) is 11.3 Å². The Balaban J connectivity index is 1.85. The first-order chi connectivity index (χ1) is 11.0. The maximum absolute atomic E-state index is 12.3. The molecule has 3 rings (SSSR count). The summed E-state index contributed by atoms with van der Waals surface area (Å²) in [6.45, 7) is 1.81. The standard InChI is InChI=1S/C16H14ClN5O/c1-11-16(15(23)8-3-12-9-18-21(2)10-12)19-20-22(11)14-6-4-13(17)5-7-14/h3-10H,1-2H3/b8-3-. The number of benzene rings is 1. The lowest BCUT2D eigenvalue weighted by Crippen LogP contribution is -2.01. The van der Waals surface area contributed by atoms with Crippen molar-refractivity contribution in [3.63, 3.8) is 0 Å². The molecule has 0 atom stereocenters. The first-order valence-corrected chi connectivity index (χ1v) is 7.31. The topological polar surface area (TPSA) is 65.6 Å². The number of nitrogens with zero attached hydrogens (tertiary/aromatic N) is 5. The van der Waals surface area contributed by atoms with Crippen molar-refractivity contribution in [2.75, 3.05) is 0 Å². The number of carbonyl (C=O) groups excluding carboxylic acids is 1. The van der Waals surface area contributed by atoms with Crippen molar-refractivity contribution in [1.82, 2.24) is 24.8 Å². The van der Waals surface area contributed by atoms with Gasteiger partial charge in [0.15, 0.2) is 5.69 Å². The minimum atomic E-state index is -0.202. The Morgan fingerprint density at radius 3 is 2.65 bits per heavy atom. The van der Waals surface area contributed by atoms with E-state index >= 15 is 0 Å². The largest absolute Gasteiger partial charge is 0.287 e. The molecule has 1 aromatic carbocycles. The highest BCUT2D eigenvalue weighted by molar-refractivity contribution is 6.30. The Labute approximate surface area is 138 Å². The van der Waals surface area contributed by atoms with E-state index in [1.807, 2.05) is 25.4 Å². The summed E-state index contributed by atoms with van der Waals surface area (Å²) in [7, 11) is 1.82. The van der Waals surface area contributed by atoms with Gasteiger partial charge in [0.1, 0.15) is 0 Å². The highest BCUT2D eigenvalue weighted by Gasteiger charge is 2.15. The van der Waals surface area contributed by atoms with Crippen molar-refractivity contribution in [3.8, 4) is 5.69 Å². The normalized spacial score (nSPS) is 11.3. The SMILES string of the molecule is Cc1c(C(=O)/C=C\c2cnn(C)c2)nnn1-c1ccc(Cl)cc1. The highest BCUT2D eigenvalue weighted by Crippen LogP contribution is 2.16. The van der Waals surface area contributed by atoms with Crippen LogP contribution in [-0.4, -0.2) is 30.6 Å². The first-order valence-electron chi connectivity index (χ1n) is 6.94. The van der Waals surface area contributed by atoms with Gasteiger partial charge in [-0.15, -0.1) is 5.10 Å². The highest BCUT2D eigenvalue weighted by atomic mass is 35.5. The van der Waals surface area contributed by atoms with E-state index in [1.54, 1.807) is 40.7 Å². The third kappa shape index (κ3) is 3.22. The van der Waals surface area contributed by atoms with Crippen LogP contribution in [-0.2, 0) is 7.05 Å². The van der Waals surface area contributed by atoms with E-state index in [1.165, 1.54) is 6.08 Å². The number of halogens is 1. The summed E-state index contributed by atoms with van der Waals surface area (Å²) in [5.74, 6) is -0.202. The zero-order valence-corrected chi connectivity index (χ0v) is 13.4. The average molecular weight is 328 g/mol. The molecule has 0 saturated heterocycles. The number of ketones is 1. The summed E-state index contributed by atoms with van der Waals surface area (Å²) < 4.78 is 3.29. The summed E-state index contributed by atoms with van der Waals surface area (Å²) in [6.07, 6.45) is 6.68. The van der Waals surface area contributed by atoms with Crippen LogP contribution in [0, 0.1) is 6.92 Å². The van der Waals surface area contributed by atoms with Gasteiger partial charge in [-0.05, 0) is 43.3 Å². The summed E-state index contributed by atoms with van der Waals surface area (Å²) in [5.41, 5.74) is 2.64. The van der Waals surface area contributed by atoms with Gasteiger partial charge in [-0.3, -0.25) is 9.48 Å². The molecule has 0 radical (unpaired) electrons. The monoisotopic (exact) mass is 327 g/mol. The molecular formula is C16H14ClN5O. The molecule has 2 heterocycles. The van der Waals surface area contributed by atoms with E-state index in [9.17, 15) is 4.79 Å². The van der Waals surface area contributed by atoms with Gasteiger partial charge in [0.25, 0.3) is 0 Å². The van der Waals surface area contributed by atoms with Gasteiger partial charge in [-0.1, -0.05) is 16.8 Å². The third-order valence-electron chi connectivity index (χ3n) is 3.35. The summed E-state index contributed by atoms with van der Waals surface area (Å²) >= 11 is 5.88. The molecule has 0 bridgehead atoms. The van der Waals surface area contributed by atoms with Crippen LogP contribution in [0.25, 0.3) is 11.8 Å². The van der Waals surface area contributed by atoms with Gasteiger partial charge >= 0.3 is 0 Å². The molecule has 23 heavy (non-hydrogen) atoms. The van der Waals surface area contributed by atoms with Crippen LogP contribution in [0.1, 0.15) is 21.7 Å². The molecule has 0 amide bonds. The molecule has 0 fully saturated rings. The zero-order chi connectivity index (χ0) is 16.4. The maximum Gasteiger partial charge on any atom is 0.208 e. The van der Waals surface area contributed by atoms with E-state index in [4.69, 9.17) is 11.6 Å². The van der Waals surface area contributed by atoms with Crippen LogP contribution in [0.5, 0.6) is 0 Å². The minimum absolute atomic E-state index is 0.202. The predicted octanol–water partition coefficient (Wildman–Crippen LogP) is 2.86.